The normalized spacial score (nSPS) is 21.0. The van der Waals surface area contributed by atoms with Gasteiger partial charge in [0, 0.05) is 25.6 Å². The number of ether oxygens (including phenoxy) is 3. The van der Waals surface area contributed by atoms with Crippen LogP contribution in [0, 0.1) is 0 Å². The van der Waals surface area contributed by atoms with Crippen LogP contribution in [0.15, 0.2) is 48.0 Å². The third-order valence-corrected chi connectivity index (χ3v) is 6.19. The number of aliphatic hydroxyl groups is 1. The van der Waals surface area contributed by atoms with Crippen molar-refractivity contribution < 1.29 is 28.9 Å². The highest BCUT2D eigenvalue weighted by molar-refractivity contribution is 6.46. The molecular formula is C27H31NO6. The standard InChI is InChI=1S/C27H31NO6/c1-4-5-12-33-21-8-6-7-18(16-21)24-23(26(30)27(31)28(24)11-13-32-3)25(29)19-9-10-22-20(15-19)14-17(2)34-22/h6-10,15-17,24,29H,4-5,11-14H2,1-3H3/t17-,24-/m1/s1. The van der Waals surface area contributed by atoms with Crippen molar-refractivity contribution in [2.75, 3.05) is 26.9 Å². The predicted molar refractivity (Wildman–Crippen MR) is 128 cm³/mol. The molecule has 1 fully saturated rings. The van der Waals surface area contributed by atoms with Crippen molar-refractivity contribution in [1.29, 1.82) is 0 Å². The Hall–Kier alpha value is -3.32. The number of hydrogen-bond donors (Lipinski definition) is 1. The number of nitrogens with zero attached hydrogens (tertiary/aromatic N) is 1. The smallest absolute Gasteiger partial charge is 0.295 e. The van der Waals surface area contributed by atoms with Crippen molar-refractivity contribution in [3.63, 3.8) is 0 Å². The lowest BCUT2D eigenvalue weighted by molar-refractivity contribution is -0.140. The highest BCUT2D eigenvalue weighted by atomic mass is 16.5. The van der Waals surface area contributed by atoms with E-state index < -0.39 is 17.7 Å². The van der Waals surface area contributed by atoms with E-state index in [2.05, 4.69) is 6.92 Å². The maximum atomic E-state index is 13.2. The molecule has 34 heavy (non-hydrogen) atoms. The molecule has 2 aromatic carbocycles. The monoisotopic (exact) mass is 465 g/mol. The van der Waals surface area contributed by atoms with Crippen LogP contribution in [-0.4, -0.2) is 54.7 Å². The maximum absolute atomic E-state index is 13.2. The maximum Gasteiger partial charge on any atom is 0.295 e. The van der Waals surface area contributed by atoms with Gasteiger partial charge in [-0.3, -0.25) is 9.59 Å². The van der Waals surface area contributed by atoms with Gasteiger partial charge in [0.1, 0.15) is 23.4 Å². The average Bonchev–Trinajstić information content (AvgIpc) is 3.33. The third kappa shape index (κ3) is 4.66. The molecule has 0 spiro atoms. The lowest BCUT2D eigenvalue weighted by Gasteiger charge is -2.25. The Morgan fingerprint density at radius 3 is 2.76 bits per heavy atom. The zero-order valence-electron chi connectivity index (χ0n) is 19.9. The predicted octanol–water partition coefficient (Wildman–Crippen LogP) is 4.26. The lowest BCUT2D eigenvalue weighted by atomic mass is 9.94. The quantitative estimate of drug-likeness (QED) is 0.258. The van der Waals surface area contributed by atoms with Crippen molar-refractivity contribution in [2.24, 2.45) is 0 Å². The minimum absolute atomic E-state index is 0.0578. The molecule has 0 aromatic heterocycles. The van der Waals surface area contributed by atoms with Gasteiger partial charge >= 0.3 is 0 Å². The fourth-order valence-electron chi connectivity index (χ4n) is 4.48. The molecule has 2 aliphatic rings. The summed E-state index contributed by atoms with van der Waals surface area (Å²) in [6.45, 7) is 5.15. The second-order valence-electron chi connectivity index (χ2n) is 8.71. The number of carbonyl (C=O) groups is 2. The number of rotatable bonds is 9. The van der Waals surface area contributed by atoms with Gasteiger partial charge in [-0.1, -0.05) is 25.5 Å². The Bertz CT molecular complexity index is 1110. The number of carbonyl (C=O) groups excluding carboxylic acids is 2. The van der Waals surface area contributed by atoms with Gasteiger partial charge in [-0.25, -0.2) is 0 Å². The van der Waals surface area contributed by atoms with E-state index in [0.717, 1.165) is 30.6 Å². The van der Waals surface area contributed by atoms with Crippen LogP contribution in [0.4, 0.5) is 0 Å². The Morgan fingerprint density at radius 2 is 2.00 bits per heavy atom. The summed E-state index contributed by atoms with van der Waals surface area (Å²) in [7, 11) is 1.54. The van der Waals surface area contributed by atoms with Gasteiger partial charge in [-0.15, -0.1) is 0 Å². The fraction of sp³-hybridized carbons (Fsp3) is 0.407. The van der Waals surface area contributed by atoms with E-state index in [4.69, 9.17) is 14.2 Å². The molecule has 2 aromatic rings. The first-order valence-electron chi connectivity index (χ1n) is 11.7. The van der Waals surface area contributed by atoms with Gasteiger partial charge in [0.15, 0.2) is 0 Å². The molecule has 4 rings (SSSR count). The number of ketones is 1. The van der Waals surface area contributed by atoms with Crippen LogP contribution in [-0.2, 0) is 20.7 Å². The molecule has 0 saturated carbocycles. The molecule has 180 valence electrons. The number of benzene rings is 2. The molecule has 2 aliphatic heterocycles. The van der Waals surface area contributed by atoms with E-state index in [1.807, 2.05) is 37.3 Å². The molecule has 0 aliphatic carbocycles. The molecule has 2 atom stereocenters. The van der Waals surface area contributed by atoms with Gasteiger partial charge in [0.05, 0.1) is 24.8 Å². The average molecular weight is 466 g/mol. The van der Waals surface area contributed by atoms with E-state index >= 15 is 0 Å². The Morgan fingerprint density at radius 1 is 1.18 bits per heavy atom. The van der Waals surface area contributed by atoms with E-state index in [1.165, 1.54) is 4.90 Å². The number of fused-ring (bicyclic) bond motifs is 1. The number of amides is 1. The second kappa shape index (κ2) is 10.3. The largest absolute Gasteiger partial charge is 0.507 e. The minimum Gasteiger partial charge on any atom is -0.507 e. The van der Waals surface area contributed by atoms with Crippen molar-refractivity contribution in [1.82, 2.24) is 4.90 Å². The Labute approximate surface area is 199 Å². The Kier molecular flexibility index (Phi) is 7.22. The van der Waals surface area contributed by atoms with Crippen LogP contribution in [0.3, 0.4) is 0 Å². The molecule has 1 amide bonds. The van der Waals surface area contributed by atoms with Gasteiger partial charge < -0.3 is 24.2 Å². The van der Waals surface area contributed by atoms with Crippen molar-refractivity contribution in [2.45, 2.75) is 45.3 Å². The molecular weight excluding hydrogens is 434 g/mol. The SMILES string of the molecule is CCCCOc1cccc([C@@H]2C(=C(O)c3ccc4c(c3)C[C@@H](C)O4)C(=O)C(=O)N2CCOC)c1. The van der Waals surface area contributed by atoms with Gasteiger partial charge in [-0.2, -0.15) is 0 Å². The third-order valence-electron chi connectivity index (χ3n) is 6.19. The number of methoxy groups -OCH3 is 1. The molecule has 1 N–H and O–H groups in total. The zero-order valence-corrected chi connectivity index (χ0v) is 19.9. The number of hydrogen-bond acceptors (Lipinski definition) is 6. The van der Waals surface area contributed by atoms with Crippen molar-refractivity contribution in [3.8, 4) is 11.5 Å². The minimum atomic E-state index is -0.742. The summed E-state index contributed by atoms with van der Waals surface area (Å²) < 4.78 is 16.8. The number of likely N-dealkylation sites (tertiary alicyclic amines) is 1. The van der Waals surface area contributed by atoms with Crippen LogP contribution >= 0.6 is 0 Å². The summed E-state index contributed by atoms with van der Waals surface area (Å²) >= 11 is 0. The fourth-order valence-corrected chi connectivity index (χ4v) is 4.48. The molecule has 2 heterocycles. The van der Waals surface area contributed by atoms with Crippen LogP contribution in [0.5, 0.6) is 11.5 Å². The molecule has 0 bridgehead atoms. The van der Waals surface area contributed by atoms with E-state index in [0.29, 0.717) is 23.5 Å². The van der Waals surface area contributed by atoms with E-state index in [9.17, 15) is 14.7 Å². The van der Waals surface area contributed by atoms with Gasteiger partial charge in [0.2, 0.25) is 0 Å². The van der Waals surface area contributed by atoms with Gasteiger partial charge in [0.25, 0.3) is 11.7 Å². The molecule has 0 unspecified atom stereocenters. The lowest BCUT2D eigenvalue weighted by Crippen LogP contribution is -2.32. The zero-order chi connectivity index (χ0) is 24.2. The van der Waals surface area contributed by atoms with Crippen molar-refractivity contribution in [3.05, 3.63) is 64.7 Å². The molecule has 1 saturated heterocycles. The highest BCUT2D eigenvalue weighted by Crippen LogP contribution is 2.41. The first-order valence-corrected chi connectivity index (χ1v) is 11.7. The first-order chi connectivity index (χ1) is 16.4. The number of unbranched alkanes of at least 4 members (excludes halogenated alkanes) is 1. The van der Waals surface area contributed by atoms with Crippen molar-refractivity contribution >= 4 is 17.4 Å². The highest BCUT2D eigenvalue weighted by Gasteiger charge is 2.46. The van der Waals surface area contributed by atoms with Crippen LogP contribution in [0.1, 0.15) is 49.4 Å². The van der Waals surface area contributed by atoms with E-state index in [1.54, 1.807) is 19.2 Å². The van der Waals surface area contributed by atoms with Crippen LogP contribution < -0.4 is 9.47 Å². The summed E-state index contributed by atoms with van der Waals surface area (Å²) in [5, 5.41) is 11.3. The molecule has 7 heteroatoms. The molecule has 0 radical (unpaired) electrons. The number of aliphatic hydroxyl groups excluding tert-OH is 1. The summed E-state index contributed by atoms with van der Waals surface area (Å²) in [6, 6.07) is 12.0. The topological polar surface area (TPSA) is 85.3 Å². The summed E-state index contributed by atoms with van der Waals surface area (Å²) in [4.78, 5) is 27.6. The summed E-state index contributed by atoms with van der Waals surface area (Å²) in [5.74, 6) is -0.118. The first kappa shape index (κ1) is 23.8. The number of Topliss-reactive ketones (excluding diaryl/α,β-unsaturated/α-hetero) is 1. The second-order valence-corrected chi connectivity index (χ2v) is 8.71. The van der Waals surface area contributed by atoms with Gasteiger partial charge in [-0.05, 0) is 54.8 Å². The Balaban J connectivity index is 1.77. The van der Waals surface area contributed by atoms with Crippen LogP contribution in [0.2, 0.25) is 0 Å². The molecule has 7 nitrogen and oxygen atoms in total. The summed E-state index contributed by atoms with van der Waals surface area (Å²) in [5.41, 5.74) is 2.22. The van der Waals surface area contributed by atoms with E-state index in [-0.39, 0.29) is 30.6 Å². The van der Waals surface area contributed by atoms with Crippen LogP contribution in [0.25, 0.3) is 5.76 Å². The summed E-state index contributed by atoms with van der Waals surface area (Å²) in [6.07, 6.45) is 2.72.